The molecule has 1 aromatic heterocycles. The zero-order valence-corrected chi connectivity index (χ0v) is 24.9. The summed E-state index contributed by atoms with van der Waals surface area (Å²) in [6.45, 7) is 2.04. The molecule has 0 aliphatic rings. The highest BCUT2D eigenvalue weighted by Crippen LogP contribution is 2.38. The first-order valence-electron chi connectivity index (χ1n) is 12.8. The van der Waals surface area contributed by atoms with E-state index in [2.05, 4.69) is 20.9 Å². The number of anilines is 3. The number of benzene rings is 4. The van der Waals surface area contributed by atoms with Gasteiger partial charge in [0.2, 0.25) is 5.91 Å². The van der Waals surface area contributed by atoms with Crippen molar-refractivity contribution in [3.8, 4) is 17.0 Å². The first-order valence-corrected chi connectivity index (χ1v) is 15.0. The molecule has 0 aliphatic carbocycles. The van der Waals surface area contributed by atoms with Gasteiger partial charge in [-0.15, -0.1) is 23.1 Å². The summed E-state index contributed by atoms with van der Waals surface area (Å²) in [7, 11) is 1.64. The summed E-state index contributed by atoms with van der Waals surface area (Å²) >= 11 is 8.39. The van der Waals surface area contributed by atoms with Crippen LogP contribution in [0.15, 0.2) is 113 Å². The van der Waals surface area contributed by atoms with Crippen molar-refractivity contribution in [2.24, 2.45) is 0 Å². The Kier molecular flexibility index (Phi) is 9.30. The van der Waals surface area contributed by atoms with E-state index in [1.165, 1.54) is 28.7 Å². The van der Waals surface area contributed by atoms with E-state index >= 15 is 0 Å². The van der Waals surface area contributed by atoms with E-state index < -0.39 is 5.25 Å². The molecule has 4 aromatic carbocycles. The van der Waals surface area contributed by atoms with Gasteiger partial charge in [0.05, 0.1) is 12.8 Å². The molecule has 0 spiro atoms. The van der Waals surface area contributed by atoms with Crippen LogP contribution in [0.2, 0.25) is 0 Å². The SMILES string of the molecule is COc1ccc(-c2csc(NC(=O)C(Sc3cccc(NC(=S)Nc4ccc(C)cc4)c3)c3ccccc3)n2)cc1. The van der Waals surface area contributed by atoms with E-state index in [-0.39, 0.29) is 5.91 Å². The highest BCUT2D eigenvalue weighted by molar-refractivity contribution is 8.00. The van der Waals surface area contributed by atoms with E-state index in [0.717, 1.165) is 38.8 Å². The molecule has 1 amide bonds. The van der Waals surface area contributed by atoms with Crippen molar-refractivity contribution in [1.29, 1.82) is 0 Å². The number of thiocarbonyl (C=S) groups is 1. The molecule has 1 heterocycles. The van der Waals surface area contributed by atoms with Crippen molar-refractivity contribution in [3.05, 3.63) is 120 Å². The summed E-state index contributed by atoms with van der Waals surface area (Å²) in [5.74, 6) is 0.635. The third-order valence-corrected chi connectivity index (χ3v) is 8.33. The van der Waals surface area contributed by atoms with E-state index in [9.17, 15) is 4.79 Å². The lowest BCUT2D eigenvalue weighted by molar-refractivity contribution is -0.115. The number of rotatable bonds is 9. The number of amides is 1. The fourth-order valence-electron chi connectivity index (χ4n) is 4.01. The zero-order chi connectivity index (χ0) is 28.6. The largest absolute Gasteiger partial charge is 0.497 e. The molecule has 0 fully saturated rings. The molecule has 3 N–H and O–H groups in total. The van der Waals surface area contributed by atoms with Crippen molar-refractivity contribution < 1.29 is 9.53 Å². The van der Waals surface area contributed by atoms with E-state index in [0.29, 0.717) is 10.2 Å². The van der Waals surface area contributed by atoms with Crippen LogP contribution in [-0.4, -0.2) is 23.1 Å². The molecule has 9 heteroatoms. The van der Waals surface area contributed by atoms with Crippen molar-refractivity contribution in [3.63, 3.8) is 0 Å². The Labute approximate surface area is 253 Å². The third kappa shape index (κ3) is 7.73. The summed E-state index contributed by atoms with van der Waals surface area (Å²) < 4.78 is 5.24. The van der Waals surface area contributed by atoms with Gasteiger partial charge >= 0.3 is 0 Å². The number of ether oxygens (including phenoxy) is 1. The van der Waals surface area contributed by atoms with Crippen LogP contribution in [0.3, 0.4) is 0 Å². The number of hydrogen-bond donors (Lipinski definition) is 3. The van der Waals surface area contributed by atoms with Crippen LogP contribution >= 0.6 is 35.3 Å². The van der Waals surface area contributed by atoms with Crippen LogP contribution in [0.5, 0.6) is 5.75 Å². The molecule has 0 radical (unpaired) electrons. The highest BCUT2D eigenvalue weighted by Gasteiger charge is 2.23. The number of carbonyl (C=O) groups is 1. The Balaban J connectivity index is 1.29. The van der Waals surface area contributed by atoms with Crippen molar-refractivity contribution in [2.75, 3.05) is 23.1 Å². The maximum atomic E-state index is 13.6. The van der Waals surface area contributed by atoms with Gasteiger partial charge in [0.1, 0.15) is 11.0 Å². The molecular formula is C32H28N4O2S3. The number of thiazole rings is 1. The maximum absolute atomic E-state index is 13.6. The molecule has 0 bridgehead atoms. The number of thioether (sulfide) groups is 1. The fraction of sp³-hybridized carbons (Fsp3) is 0.0938. The number of aromatic nitrogens is 1. The molecule has 5 rings (SSSR count). The van der Waals surface area contributed by atoms with Crippen LogP contribution < -0.4 is 20.7 Å². The van der Waals surface area contributed by atoms with Crippen LogP contribution in [0.4, 0.5) is 16.5 Å². The average Bonchev–Trinajstić information content (AvgIpc) is 3.46. The highest BCUT2D eigenvalue weighted by atomic mass is 32.2. The van der Waals surface area contributed by atoms with Gasteiger partial charge in [-0.3, -0.25) is 4.79 Å². The van der Waals surface area contributed by atoms with Gasteiger partial charge in [-0.1, -0.05) is 54.1 Å². The molecule has 1 unspecified atom stereocenters. The molecule has 0 saturated carbocycles. The van der Waals surface area contributed by atoms with Gasteiger partial charge in [-0.2, -0.15) is 0 Å². The summed E-state index contributed by atoms with van der Waals surface area (Å²) in [4.78, 5) is 19.2. The summed E-state index contributed by atoms with van der Waals surface area (Å²) in [5, 5.41) is 12.0. The first kappa shape index (κ1) is 28.4. The normalized spacial score (nSPS) is 11.4. The zero-order valence-electron chi connectivity index (χ0n) is 22.5. The van der Waals surface area contributed by atoms with Crippen LogP contribution in [0.1, 0.15) is 16.4 Å². The quantitative estimate of drug-likeness (QED) is 0.117. The van der Waals surface area contributed by atoms with Gasteiger partial charge in [0, 0.05) is 27.2 Å². The summed E-state index contributed by atoms with van der Waals surface area (Å²) in [5.41, 5.74) is 5.58. The monoisotopic (exact) mass is 596 g/mol. The standard InChI is InChI=1S/C32H28N4O2S3/c1-21-11-15-24(16-12-21)33-31(39)34-25-9-6-10-27(19-25)41-29(23-7-4-3-5-8-23)30(37)36-32-35-28(20-40-32)22-13-17-26(38-2)18-14-22/h3-20,29H,1-2H3,(H2,33,34,39)(H,35,36,37). The third-order valence-electron chi connectivity index (χ3n) is 6.12. The number of aryl methyl sites for hydroxylation is 1. The molecule has 1 atom stereocenters. The molecule has 0 saturated heterocycles. The van der Waals surface area contributed by atoms with Gasteiger partial charge < -0.3 is 20.7 Å². The van der Waals surface area contributed by atoms with E-state index in [4.69, 9.17) is 17.0 Å². The molecule has 206 valence electrons. The lowest BCUT2D eigenvalue weighted by Crippen LogP contribution is -2.19. The maximum Gasteiger partial charge on any atom is 0.244 e. The summed E-state index contributed by atoms with van der Waals surface area (Å²) in [6.07, 6.45) is 0. The van der Waals surface area contributed by atoms with Crippen molar-refractivity contribution in [1.82, 2.24) is 4.98 Å². The minimum atomic E-state index is -0.488. The van der Waals surface area contributed by atoms with Crippen LogP contribution in [0.25, 0.3) is 11.3 Å². The molecule has 5 aromatic rings. The fourth-order valence-corrected chi connectivity index (χ4v) is 6.05. The molecule has 0 aliphatic heterocycles. The predicted octanol–water partition coefficient (Wildman–Crippen LogP) is 8.41. The number of carbonyl (C=O) groups excluding carboxylic acids is 1. The van der Waals surface area contributed by atoms with Crippen molar-refractivity contribution in [2.45, 2.75) is 17.1 Å². The van der Waals surface area contributed by atoms with Gasteiger partial charge in [0.25, 0.3) is 0 Å². The summed E-state index contributed by atoms with van der Waals surface area (Å²) in [6, 6.07) is 33.3. The Bertz CT molecular complexity index is 1620. The number of methoxy groups -OCH3 is 1. The van der Waals surface area contributed by atoms with Crippen LogP contribution in [0, 0.1) is 6.92 Å². The second kappa shape index (κ2) is 13.5. The Morgan fingerprint density at radius 1 is 0.878 bits per heavy atom. The lowest BCUT2D eigenvalue weighted by atomic mass is 10.1. The topological polar surface area (TPSA) is 75.3 Å². The van der Waals surface area contributed by atoms with E-state index in [1.807, 2.05) is 115 Å². The van der Waals surface area contributed by atoms with Crippen molar-refractivity contribution >= 4 is 62.8 Å². The molecular weight excluding hydrogens is 569 g/mol. The van der Waals surface area contributed by atoms with Crippen LogP contribution in [-0.2, 0) is 4.79 Å². The Morgan fingerprint density at radius 2 is 1.61 bits per heavy atom. The predicted molar refractivity (Wildman–Crippen MR) is 175 cm³/mol. The molecule has 6 nitrogen and oxygen atoms in total. The minimum absolute atomic E-state index is 0.147. The van der Waals surface area contributed by atoms with E-state index in [1.54, 1.807) is 7.11 Å². The second-order valence-electron chi connectivity index (χ2n) is 9.14. The first-order chi connectivity index (χ1) is 20.0. The average molecular weight is 597 g/mol. The Morgan fingerprint density at radius 3 is 2.34 bits per heavy atom. The minimum Gasteiger partial charge on any atom is -0.497 e. The van der Waals surface area contributed by atoms with Gasteiger partial charge in [-0.05, 0) is 79.3 Å². The second-order valence-corrected chi connectivity index (χ2v) is 11.6. The van der Waals surface area contributed by atoms with Gasteiger partial charge in [-0.25, -0.2) is 4.98 Å². The molecule has 41 heavy (non-hydrogen) atoms. The Hall–Kier alpha value is -4.18. The smallest absolute Gasteiger partial charge is 0.244 e. The number of nitrogens with one attached hydrogen (secondary N) is 3. The lowest BCUT2D eigenvalue weighted by Gasteiger charge is -2.17. The van der Waals surface area contributed by atoms with Gasteiger partial charge in [0.15, 0.2) is 10.2 Å². The number of nitrogens with zero attached hydrogens (tertiary/aromatic N) is 1. The number of hydrogen-bond acceptors (Lipinski definition) is 6.